The van der Waals surface area contributed by atoms with Gasteiger partial charge in [-0.15, -0.1) is 0 Å². The molecule has 0 spiro atoms. The zero-order chi connectivity index (χ0) is 31.5. The maximum absolute atomic E-state index is 12.8. The van der Waals surface area contributed by atoms with E-state index in [1.165, 1.54) is 19.2 Å². The molecule has 0 aliphatic heterocycles. The van der Waals surface area contributed by atoms with Crippen LogP contribution in [0.5, 0.6) is 11.5 Å². The SMILES string of the molecule is CCCCCOC(=O)Oc1ccc(CC(N)(C[C@H](C)OC(=O)O[C@@H](C)CC)C(=O)OC)cc1OC(=O)OCCCCC. The zero-order valence-electron chi connectivity index (χ0n) is 25.7. The minimum Gasteiger partial charge on any atom is -0.468 e. The predicted octanol–water partition coefficient (Wildman–Crippen LogP) is 6.24. The number of ether oxygens (including phenoxy) is 7. The number of methoxy groups -OCH3 is 1. The monoisotopic (exact) mass is 597 g/mol. The number of rotatable bonds is 18. The summed E-state index contributed by atoms with van der Waals surface area (Å²) >= 11 is 0. The van der Waals surface area contributed by atoms with Gasteiger partial charge in [0.1, 0.15) is 17.7 Å². The standard InChI is InChI=1S/C30H47NO11/c1-7-10-12-16-37-27(33)41-24-15-14-23(18-25(24)42-28(34)38-17-13-11-8-2)20-30(31,26(32)36-6)19-22(5)40-29(35)39-21(4)9-3/h14-15,18,21-22H,7-13,16-17,19-20,31H2,1-6H3/t21-,22-,30?/m0/s1. The number of nitrogens with two attached hydrogens (primary N) is 1. The molecule has 1 aromatic carbocycles. The average molecular weight is 598 g/mol. The first-order valence-electron chi connectivity index (χ1n) is 14.5. The first kappa shape index (κ1) is 36.5. The molecule has 0 fully saturated rings. The van der Waals surface area contributed by atoms with Gasteiger partial charge in [0.25, 0.3) is 0 Å². The fraction of sp³-hybridized carbons (Fsp3) is 0.667. The lowest BCUT2D eigenvalue weighted by Gasteiger charge is -2.29. The highest BCUT2D eigenvalue weighted by Crippen LogP contribution is 2.32. The van der Waals surface area contributed by atoms with Crippen LogP contribution in [0.3, 0.4) is 0 Å². The van der Waals surface area contributed by atoms with E-state index in [0.29, 0.717) is 24.8 Å². The van der Waals surface area contributed by atoms with E-state index in [9.17, 15) is 19.2 Å². The Hall–Kier alpha value is -3.54. The molecule has 0 amide bonds. The number of hydrogen-bond acceptors (Lipinski definition) is 12. The molecule has 12 heteroatoms. The van der Waals surface area contributed by atoms with Crippen LogP contribution in [-0.2, 0) is 34.9 Å². The van der Waals surface area contributed by atoms with E-state index in [4.69, 9.17) is 38.9 Å². The molecule has 0 bridgehead atoms. The quantitative estimate of drug-likeness (QED) is 0.0879. The molecule has 0 aromatic heterocycles. The summed E-state index contributed by atoms with van der Waals surface area (Å²) in [5.74, 6) is -0.968. The second kappa shape index (κ2) is 19.6. The zero-order valence-corrected chi connectivity index (χ0v) is 25.7. The number of unbranched alkanes of at least 4 members (excludes halogenated alkanes) is 4. The minimum absolute atomic E-state index is 0.0880. The van der Waals surface area contributed by atoms with Crippen LogP contribution < -0.4 is 15.2 Å². The van der Waals surface area contributed by atoms with Crippen LogP contribution >= 0.6 is 0 Å². The van der Waals surface area contributed by atoms with Crippen LogP contribution in [0.15, 0.2) is 18.2 Å². The van der Waals surface area contributed by atoms with Gasteiger partial charge in [0.05, 0.1) is 20.3 Å². The second-order valence-electron chi connectivity index (χ2n) is 10.1. The Labute approximate surface area is 248 Å². The highest BCUT2D eigenvalue weighted by Gasteiger charge is 2.38. The van der Waals surface area contributed by atoms with Gasteiger partial charge in [-0.2, -0.15) is 0 Å². The first-order chi connectivity index (χ1) is 20.0. The molecule has 0 heterocycles. The van der Waals surface area contributed by atoms with E-state index < -0.39 is 36.1 Å². The predicted molar refractivity (Wildman–Crippen MR) is 153 cm³/mol. The van der Waals surface area contributed by atoms with Crippen molar-refractivity contribution in [3.8, 4) is 11.5 Å². The summed E-state index contributed by atoms with van der Waals surface area (Å²) in [5, 5.41) is 0. The molecule has 2 N–H and O–H groups in total. The van der Waals surface area contributed by atoms with Crippen molar-refractivity contribution < 1.29 is 52.3 Å². The molecule has 238 valence electrons. The van der Waals surface area contributed by atoms with Gasteiger partial charge in [0.2, 0.25) is 0 Å². The Morgan fingerprint density at radius 2 is 1.33 bits per heavy atom. The Bertz CT molecular complexity index is 999. The van der Waals surface area contributed by atoms with Gasteiger partial charge in [0.15, 0.2) is 11.5 Å². The molecule has 1 rings (SSSR count). The smallest absolute Gasteiger partial charge is 0.468 e. The molecule has 1 unspecified atom stereocenters. The second-order valence-corrected chi connectivity index (χ2v) is 10.1. The van der Waals surface area contributed by atoms with Crippen molar-refractivity contribution in [1.82, 2.24) is 0 Å². The number of esters is 1. The largest absolute Gasteiger partial charge is 0.513 e. The fourth-order valence-corrected chi connectivity index (χ4v) is 3.87. The van der Waals surface area contributed by atoms with Crippen LogP contribution in [0, 0.1) is 0 Å². The van der Waals surface area contributed by atoms with Crippen molar-refractivity contribution in [2.24, 2.45) is 5.73 Å². The summed E-state index contributed by atoms with van der Waals surface area (Å²) in [6, 6.07) is 4.34. The minimum atomic E-state index is -1.64. The van der Waals surface area contributed by atoms with Gasteiger partial charge in [-0.05, 0) is 50.8 Å². The third-order valence-corrected chi connectivity index (χ3v) is 6.26. The van der Waals surface area contributed by atoms with Gasteiger partial charge >= 0.3 is 24.4 Å². The highest BCUT2D eigenvalue weighted by atomic mass is 16.7. The lowest BCUT2D eigenvalue weighted by molar-refractivity contribution is -0.148. The van der Waals surface area contributed by atoms with Gasteiger partial charge in [-0.1, -0.05) is 52.5 Å². The Morgan fingerprint density at radius 3 is 1.86 bits per heavy atom. The summed E-state index contributed by atoms with van der Waals surface area (Å²) in [7, 11) is 1.19. The van der Waals surface area contributed by atoms with Crippen molar-refractivity contribution in [2.75, 3.05) is 20.3 Å². The number of carbonyl (C=O) groups is 4. The van der Waals surface area contributed by atoms with E-state index in [2.05, 4.69) is 0 Å². The summed E-state index contributed by atoms with van der Waals surface area (Å²) in [5.41, 5.74) is 5.29. The molecule has 0 saturated carbocycles. The maximum Gasteiger partial charge on any atom is 0.513 e. The topological polar surface area (TPSA) is 159 Å². The van der Waals surface area contributed by atoms with Crippen LogP contribution in [0.25, 0.3) is 0 Å². The third kappa shape index (κ3) is 13.9. The van der Waals surface area contributed by atoms with Gasteiger partial charge in [0, 0.05) is 12.8 Å². The Morgan fingerprint density at radius 1 is 0.786 bits per heavy atom. The molecule has 3 atom stereocenters. The van der Waals surface area contributed by atoms with Crippen LogP contribution in [-0.4, -0.2) is 62.5 Å². The van der Waals surface area contributed by atoms with E-state index in [1.807, 2.05) is 20.8 Å². The highest BCUT2D eigenvalue weighted by molar-refractivity contribution is 5.81. The summed E-state index contributed by atoms with van der Waals surface area (Å²) < 4.78 is 36.2. The maximum atomic E-state index is 12.8. The molecule has 0 radical (unpaired) electrons. The lowest BCUT2D eigenvalue weighted by Crippen LogP contribution is -2.53. The van der Waals surface area contributed by atoms with Crippen molar-refractivity contribution in [3.63, 3.8) is 0 Å². The van der Waals surface area contributed by atoms with E-state index >= 15 is 0 Å². The summed E-state index contributed by atoms with van der Waals surface area (Å²) in [6.07, 6.45) is 1.47. The molecule has 1 aromatic rings. The van der Waals surface area contributed by atoms with E-state index in [-0.39, 0.29) is 43.7 Å². The van der Waals surface area contributed by atoms with Crippen molar-refractivity contribution in [1.29, 1.82) is 0 Å². The lowest BCUT2D eigenvalue weighted by atomic mass is 9.86. The van der Waals surface area contributed by atoms with Crippen LogP contribution in [0.4, 0.5) is 14.4 Å². The van der Waals surface area contributed by atoms with Crippen molar-refractivity contribution >= 4 is 24.4 Å². The van der Waals surface area contributed by atoms with Crippen molar-refractivity contribution in [3.05, 3.63) is 23.8 Å². The molecule has 12 nitrogen and oxygen atoms in total. The third-order valence-electron chi connectivity index (χ3n) is 6.26. The van der Waals surface area contributed by atoms with Crippen LogP contribution in [0.2, 0.25) is 0 Å². The van der Waals surface area contributed by atoms with Crippen molar-refractivity contribution in [2.45, 2.75) is 110 Å². The fourth-order valence-electron chi connectivity index (χ4n) is 3.87. The molecule has 42 heavy (non-hydrogen) atoms. The molecular formula is C30H47NO11. The van der Waals surface area contributed by atoms with Gasteiger partial charge in [-0.3, -0.25) is 4.79 Å². The molecular weight excluding hydrogens is 550 g/mol. The van der Waals surface area contributed by atoms with Crippen LogP contribution in [0.1, 0.15) is 91.5 Å². The first-order valence-corrected chi connectivity index (χ1v) is 14.5. The number of benzene rings is 1. The molecule has 0 aliphatic carbocycles. The molecule has 0 saturated heterocycles. The summed E-state index contributed by atoms with van der Waals surface area (Å²) in [6.45, 7) is 9.56. The number of hydrogen-bond donors (Lipinski definition) is 1. The Balaban J connectivity index is 3.15. The average Bonchev–Trinajstić information content (AvgIpc) is 2.94. The normalized spacial score (nSPS) is 13.6. The van der Waals surface area contributed by atoms with Gasteiger partial charge < -0.3 is 38.9 Å². The van der Waals surface area contributed by atoms with E-state index in [1.54, 1.807) is 19.9 Å². The molecule has 0 aliphatic rings. The van der Waals surface area contributed by atoms with Gasteiger partial charge in [-0.25, -0.2) is 14.4 Å². The number of carbonyl (C=O) groups excluding carboxylic acids is 4. The van der Waals surface area contributed by atoms with E-state index in [0.717, 1.165) is 25.7 Å². The summed E-state index contributed by atoms with van der Waals surface area (Å²) in [4.78, 5) is 49.5. The Kier molecular flexibility index (Phi) is 17.0.